The fourth-order valence-electron chi connectivity index (χ4n) is 3.45. The van der Waals surface area contributed by atoms with Gasteiger partial charge in [-0.25, -0.2) is 4.39 Å². The molecule has 2 N–H and O–H groups in total. The van der Waals surface area contributed by atoms with Gasteiger partial charge in [0.05, 0.1) is 19.8 Å². The predicted molar refractivity (Wildman–Crippen MR) is 117 cm³/mol. The molecule has 2 aromatic rings. The molecule has 1 aliphatic heterocycles. The van der Waals surface area contributed by atoms with Crippen LogP contribution in [-0.2, 0) is 11.3 Å². The number of guanidine groups is 1. The summed E-state index contributed by atoms with van der Waals surface area (Å²) in [6.07, 6.45) is 1.98. The summed E-state index contributed by atoms with van der Waals surface area (Å²) >= 11 is 0. The van der Waals surface area contributed by atoms with Crippen LogP contribution in [0.5, 0.6) is 0 Å². The van der Waals surface area contributed by atoms with Crippen molar-refractivity contribution in [3.05, 3.63) is 66.0 Å². The van der Waals surface area contributed by atoms with Gasteiger partial charge in [0, 0.05) is 31.4 Å². The van der Waals surface area contributed by atoms with E-state index in [1.807, 2.05) is 24.3 Å². The molecule has 156 valence electrons. The zero-order valence-electron chi connectivity index (χ0n) is 17.1. The predicted octanol–water partition coefficient (Wildman–Crippen LogP) is 3.57. The van der Waals surface area contributed by atoms with Crippen LogP contribution in [0.3, 0.4) is 0 Å². The molecule has 0 atom stereocenters. The number of hydrogen-bond donors (Lipinski definition) is 2. The average molecular weight is 399 g/mol. The Kier molecular flexibility index (Phi) is 8.31. The van der Waals surface area contributed by atoms with E-state index in [1.54, 1.807) is 12.1 Å². The summed E-state index contributed by atoms with van der Waals surface area (Å²) in [6, 6.07) is 17.4. The highest BCUT2D eigenvalue weighted by molar-refractivity contribution is 5.80. The van der Waals surface area contributed by atoms with E-state index in [-0.39, 0.29) is 5.82 Å². The van der Waals surface area contributed by atoms with Gasteiger partial charge in [0.15, 0.2) is 5.96 Å². The topological polar surface area (TPSA) is 48.9 Å². The van der Waals surface area contributed by atoms with E-state index in [2.05, 4.69) is 39.6 Å². The molecule has 0 radical (unpaired) electrons. The van der Waals surface area contributed by atoms with Crippen LogP contribution < -0.4 is 15.5 Å². The third kappa shape index (κ3) is 7.06. The fraction of sp³-hybridized carbons (Fsp3) is 0.435. The van der Waals surface area contributed by atoms with Crippen molar-refractivity contribution in [3.8, 4) is 0 Å². The Hall–Kier alpha value is -2.60. The number of piperidine rings is 1. The van der Waals surface area contributed by atoms with Gasteiger partial charge in [-0.15, -0.1) is 0 Å². The van der Waals surface area contributed by atoms with Crippen molar-refractivity contribution in [2.24, 2.45) is 4.99 Å². The number of anilines is 1. The Labute approximate surface area is 173 Å². The maximum atomic E-state index is 13.5. The largest absolute Gasteiger partial charge is 0.375 e. The molecule has 3 rings (SSSR count). The van der Waals surface area contributed by atoms with Gasteiger partial charge in [0.2, 0.25) is 0 Å². The summed E-state index contributed by atoms with van der Waals surface area (Å²) in [5, 5.41) is 6.84. The minimum Gasteiger partial charge on any atom is -0.375 e. The summed E-state index contributed by atoms with van der Waals surface area (Å²) in [5.41, 5.74) is 2.13. The lowest BCUT2D eigenvalue weighted by atomic mass is 10.0. The van der Waals surface area contributed by atoms with Gasteiger partial charge in [-0.1, -0.05) is 36.4 Å². The molecule has 2 aromatic carbocycles. The molecule has 1 fully saturated rings. The minimum atomic E-state index is -0.182. The molecule has 6 heteroatoms. The van der Waals surface area contributed by atoms with Gasteiger partial charge >= 0.3 is 0 Å². The normalized spacial score (nSPS) is 15.4. The molecule has 0 unspecified atom stereocenters. The number of nitrogens with one attached hydrogen (secondary N) is 2. The van der Waals surface area contributed by atoms with Gasteiger partial charge in [0.25, 0.3) is 0 Å². The summed E-state index contributed by atoms with van der Waals surface area (Å²) in [6.45, 7) is 6.50. The first-order chi connectivity index (χ1) is 14.2. The van der Waals surface area contributed by atoms with Crippen LogP contribution >= 0.6 is 0 Å². The third-order valence-electron chi connectivity index (χ3n) is 4.97. The van der Waals surface area contributed by atoms with Crippen molar-refractivity contribution in [2.45, 2.75) is 32.4 Å². The number of nitrogens with zero attached hydrogens (tertiary/aromatic N) is 2. The first-order valence-corrected chi connectivity index (χ1v) is 10.4. The zero-order valence-corrected chi connectivity index (χ0v) is 17.1. The molecule has 1 heterocycles. The van der Waals surface area contributed by atoms with Gasteiger partial charge in [-0.2, -0.15) is 0 Å². The molecule has 0 saturated carbocycles. The summed E-state index contributed by atoms with van der Waals surface area (Å²) in [5.74, 6) is 0.652. The van der Waals surface area contributed by atoms with E-state index < -0.39 is 0 Å². The maximum Gasteiger partial charge on any atom is 0.191 e. The molecule has 29 heavy (non-hydrogen) atoms. The molecule has 1 saturated heterocycles. The van der Waals surface area contributed by atoms with E-state index in [0.29, 0.717) is 25.8 Å². The molecule has 0 amide bonds. The Morgan fingerprint density at radius 1 is 1.14 bits per heavy atom. The lowest BCUT2D eigenvalue weighted by Gasteiger charge is -2.34. The average Bonchev–Trinajstić information content (AvgIpc) is 2.75. The number of aliphatic imine (C=N–C) groups is 1. The number of ether oxygens (including phenoxy) is 1. The lowest BCUT2D eigenvalue weighted by Crippen LogP contribution is -2.48. The lowest BCUT2D eigenvalue weighted by molar-refractivity contribution is 0.128. The third-order valence-corrected chi connectivity index (χ3v) is 4.97. The molecule has 0 aliphatic carbocycles. The van der Waals surface area contributed by atoms with Crippen LogP contribution in [0.25, 0.3) is 0 Å². The second-order valence-electron chi connectivity index (χ2n) is 7.18. The van der Waals surface area contributed by atoms with E-state index in [9.17, 15) is 4.39 Å². The van der Waals surface area contributed by atoms with Gasteiger partial charge < -0.3 is 20.3 Å². The standard InChI is InChI=1S/C23H31FN4O/c1-2-25-23(26-13-16-29-18-19-7-4-3-5-8-19)27-21-11-14-28(15-12-21)22-10-6-9-20(24)17-22/h3-10,17,21H,2,11-16,18H2,1H3,(H2,25,26,27). The van der Waals surface area contributed by atoms with Gasteiger partial charge in [-0.3, -0.25) is 4.99 Å². The summed E-state index contributed by atoms with van der Waals surface area (Å²) in [4.78, 5) is 6.87. The molecule has 1 aliphatic rings. The monoisotopic (exact) mass is 398 g/mol. The van der Waals surface area contributed by atoms with E-state index >= 15 is 0 Å². The van der Waals surface area contributed by atoms with Crippen LogP contribution in [0.15, 0.2) is 59.6 Å². The molecule has 5 nitrogen and oxygen atoms in total. The van der Waals surface area contributed by atoms with Crippen LogP contribution in [-0.4, -0.2) is 44.8 Å². The quantitative estimate of drug-likeness (QED) is 0.406. The number of halogens is 1. The van der Waals surface area contributed by atoms with Crippen molar-refractivity contribution in [1.82, 2.24) is 10.6 Å². The Balaban J connectivity index is 1.41. The minimum absolute atomic E-state index is 0.182. The number of rotatable bonds is 8. The fourth-order valence-corrected chi connectivity index (χ4v) is 3.45. The smallest absolute Gasteiger partial charge is 0.191 e. The van der Waals surface area contributed by atoms with Crippen molar-refractivity contribution >= 4 is 11.6 Å². The van der Waals surface area contributed by atoms with Crippen LogP contribution in [0.4, 0.5) is 10.1 Å². The van der Waals surface area contributed by atoms with Gasteiger partial charge in [0.1, 0.15) is 5.82 Å². The van der Waals surface area contributed by atoms with Crippen molar-refractivity contribution in [3.63, 3.8) is 0 Å². The maximum absolute atomic E-state index is 13.5. The number of hydrogen-bond acceptors (Lipinski definition) is 3. The first-order valence-electron chi connectivity index (χ1n) is 10.4. The second kappa shape index (κ2) is 11.4. The highest BCUT2D eigenvalue weighted by Crippen LogP contribution is 2.20. The Morgan fingerprint density at radius 3 is 2.66 bits per heavy atom. The Morgan fingerprint density at radius 2 is 1.93 bits per heavy atom. The van der Waals surface area contributed by atoms with Crippen LogP contribution in [0, 0.1) is 5.82 Å². The molecule has 0 bridgehead atoms. The summed E-state index contributed by atoms with van der Waals surface area (Å²) < 4.78 is 19.2. The van der Waals surface area contributed by atoms with Crippen molar-refractivity contribution in [1.29, 1.82) is 0 Å². The molecular weight excluding hydrogens is 367 g/mol. The molecular formula is C23H31FN4O. The molecule has 0 aromatic heterocycles. The van der Waals surface area contributed by atoms with Crippen molar-refractivity contribution < 1.29 is 9.13 Å². The Bertz CT molecular complexity index is 760. The highest BCUT2D eigenvalue weighted by Gasteiger charge is 2.20. The molecule has 0 spiro atoms. The van der Waals surface area contributed by atoms with Crippen LogP contribution in [0.2, 0.25) is 0 Å². The van der Waals surface area contributed by atoms with E-state index in [1.165, 1.54) is 11.6 Å². The van der Waals surface area contributed by atoms with Crippen molar-refractivity contribution in [2.75, 3.05) is 37.7 Å². The SMILES string of the molecule is CCNC(=NCCOCc1ccccc1)NC1CCN(c2cccc(F)c2)CC1. The van der Waals surface area contributed by atoms with E-state index in [0.717, 1.165) is 44.1 Å². The zero-order chi connectivity index (χ0) is 20.3. The van der Waals surface area contributed by atoms with Crippen LogP contribution in [0.1, 0.15) is 25.3 Å². The van der Waals surface area contributed by atoms with E-state index in [4.69, 9.17) is 4.74 Å². The second-order valence-corrected chi connectivity index (χ2v) is 7.18. The van der Waals surface area contributed by atoms with Gasteiger partial charge in [-0.05, 0) is 43.5 Å². The summed E-state index contributed by atoms with van der Waals surface area (Å²) in [7, 11) is 0. The number of benzene rings is 2. The first kappa shape index (κ1) is 21.1. The highest BCUT2D eigenvalue weighted by atomic mass is 19.1.